The first-order valence-corrected chi connectivity index (χ1v) is 7.78. The molecular weight excluding hydrogens is 244 g/mol. The van der Waals surface area contributed by atoms with Crippen molar-refractivity contribution < 1.29 is 0 Å². The lowest BCUT2D eigenvalue weighted by molar-refractivity contribution is 0.195. The number of likely N-dealkylation sites (tertiary alicyclic amines) is 1. The highest BCUT2D eigenvalue weighted by molar-refractivity contribution is 5.83. The van der Waals surface area contributed by atoms with Gasteiger partial charge in [-0.3, -0.25) is 4.90 Å². The number of hydrogen-bond acceptors (Lipinski definition) is 2. The second-order valence-electron chi connectivity index (χ2n) is 5.84. The largest absolute Gasteiger partial charge is 0.326 e. The summed E-state index contributed by atoms with van der Waals surface area (Å²) >= 11 is 0. The van der Waals surface area contributed by atoms with Gasteiger partial charge >= 0.3 is 0 Å². The number of nitrogens with zero attached hydrogens (tertiary/aromatic N) is 1. The fourth-order valence-corrected chi connectivity index (χ4v) is 3.47. The van der Waals surface area contributed by atoms with Crippen molar-refractivity contribution in [3.05, 3.63) is 48.0 Å². The van der Waals surface area contributed by atoms with E-state index in [0.717, 1.165) is 13.0 Å². The summed E-state index contributed by atoms with van der Waals surface area (Å²) in [6, 6.07) is 16.0. The number of benzene rings is 2. The van der Waals surface area contributed by atoms with E-state index in [-0.39, 0.29) is 6.04 Å². The molecule has 2 unspecified atom stereocenters. The quantitative estimate of drug-likeness (QED) is 0.899. The first-order chi connectivity index (χ1) is 9.79. The Morgan fingerprint density at radius 3 is 2.70 bits per heavy atom. The van der Waals surface area contributed by atoms with Crippen LogP contribution < -0.4 is 5.73 Å². The first-order valence-electron chi connectivity index (χ1n) is 7.78. The Kier molecular flexibility index (Phi) is 4.04. The van der Waals surface area contributed by atoms with Crippen LogP contribution in [0.25, 0.3) is 10.8 Å². The van der Waals surface area contributed by atoms with E-state index in [2.05, 4.69) is 54.3 Å². The number of fused-ring (bicyclic) bond motifs is 1. The predicted molar refractivity (Wildman–Crippen MR) is 85.8 cm³/mol. The van der Waals surface area contributed by atoms with Crippen molar-refractivity contribution in [3.63, 3.8) is 0 Å². The minimum atomic E-state index is 0.249. The molecule has 1 fully saturated rings. The van der Waals surface area contributed by atoms with E-state index >= 15 is 0 Å². The molecule has 0 radical (unpaired) electrons. The number of hydrogen-bond donors (Lipinski definition) is 1. The van der Waals surface area contributed by atoms with Gasteiger partial charge in [0.2, 0.25) is 0 Å². The molecule has 106 valence electrons. The number of likely N-dealkylation sites (N-methyl/N-ethyl adjacent to an activating group) is 1. The molecule has 0 bridgehead atoms. The van der Waals surface area contributed by atoms with Crippen molar-refractivity contribution in [2.45, 2.75) is 38.3 Å². The van der Waals surface area contributed by atoms with Crippen molar-refractivity contribution in [3.8, 4) is 0 Å². The van der Waals surface area contributed by atoms with Crippen molar-refractivity contribution in [2.75, 3.05) is 13.1 Å². The Labute approximate surface area is 121 Å². The highest BCUT2D eigenvalue weighted by Crippen LogP contribution is 2.31. The molecule has 0 amide bonds. The zero-order chi connectivity index (χ0) is 13.9. The molecule has 2 heteroatoms. The van der Waals surface area contributed by atoms with E-state index in [1.54, 1.807) is 0 Å². The topological polar surface area (TPSA) is 29.3 Å². The molecule has 1 heterocycles. The maximum Gasteiger partial charge on any atom is 0.0499 e. The van der Waals surface area contributed by atoms with Crippen LogP contribution in [0.4, 0.5) is 0 Å². The third-order valence-electron chi connectivity index (χ3n) is 4.55. The molecule has 2 aromatic rings. The Hall–Kier alpha value is -1.38. The van der Waals surface area contributed by atoms with Crippen LogP contribution in [0.3, 0.4) is 0 Å². The van der Waals surface area contributed by atoms with E-state index in [1.807, 2.05) is 0 Å². The van der Waals surface area contributed by atoms with Gasteiger partial charge in [-0.05, 0) is 48.3 Å². The number of rotatable bonds is 2. The van der Waals surface area contributed by atoms with Crippen LogP contribution in [-0.2, 0) is 0 Å². The van der Waals surface area contributed by atoms with E-state index in [0.29, 0.717) is 6.04 Å². The summed E-state index contributed by atoms with van der Waals surface area (Å²) in [4.78, 5) is 2.54. The summed E-state index contributed by atoms with van der Waals surface area (Å²) in [5, 5.41) is 2.62. The smallest absolute Gasteiger partial charge is 0.0499 e. The second kappa shape index (κ2) is 5.94. The average molecular weight is 268 g/mol. The summed E-state index contributed by atoms with van der Waals surface area (Å²) in [6.07, 6.45) is 3.65. The Morgan fingerprint density at radius 2 is 1.90 bits per heavy atom. The molecule has 0 spiro atoms. The van der Waals surface area contributed by atoms with Crippen molar-refractivity contribution >= 4 is 10.8 Å². The van der Waals surface area contributed by atoms with Crippen LogP contribution in [0.15, 0.2) is 42.5 Å². The van der Waals surface area contributed by atoms with Crippen LogP contribution in [0.2, 0.25) is 0 Å². The van der Waals surface area contributed by atoms with Crippen molar-refractivity contribution in [1.82, 2.24) is 4.90 Å². The fourth-order valence-electron chi connectivity index (χ4n) is 3.47. The summed E-state index contributed by atoms with van der Waals surface area (Å²) in [6.45, 7) is 4.49. The van der Waals surface area contributed by atoms with Crippen molar-refractivity contribution in [1.29, 1.82) is 0 Å². The van der Waals surface area contributed by atoms with Crippen LogP contribution >= 0.6 is 0 Å². The summed E-state index contributed by atoms with van der Waals surface area (Å²) in [7, 11) is 0. The lowest BCUT2D eigenvalue weighted by Gasteiger charge is -2.33. The van der Waals surface area contributed by atoms with Gasteiger partial charge in [0.05, 0.1) is 0 Å². The van der Waals surface area contributed by atoms with Gasteiger partial charge in [-0.1, -0.05) is 49.7 Å². The van der Waals surface area contributed by atoms with Gasteiger partial charge in [-0.15, -0.1) is 0 Å². The molecule has 2 N–H and O–H groups in total. The molecule has 0 aliphatic carbocycles. The third kappa shape index (κ3) is 2.58. The predicted octanol–water partition coefficient (Wildman–Crippen LogP) is 3.71. The van der Waals surface area contributed by atoms with Gasteiger partial charge in [0.25, 0.3) is 0 Å². The molecule has 0 aromatic heterocycles. The molecule has 20 heavy (non-hydrogen) atoms. The second-order valence-corrected chi connectivity index (χ2v) is 5.84. The molecule has 1 saturated heterocycles. The van der Waals surface area contributed by atoms with Gasteiger partial charge in [0, 0.05) is 12.1 Å². The standard InChI is InChI=1S/C18H24N2/c1-2-20-12-6-5-9-17(19)18(20)16-11-10-14-7-3-4-8-15(14)13-16/h3-4,7-8,10-11,13,17-18H,2,5-6,9,12,19H2,1H3. The van der Waals surface area contributed by atoms with Gasteiger partial charge in [0.1, 0.15) is 0 Å². The average Bonchev–Trinajstić information content (AvgIpc) is 2.68. The van der Waals surface area contributed by atoms with Crippen molar-refractivity contribution in [2.24, 2.45) is 5.73 Å². The maximum absolute atomic E-state index is 6.48. The molecule has 2 atom stereocenters. The van der Waals surface area contributed by atoms with Crippen LogP contribution in [-0.4, -0.2) is 24.0 Å². The Morgan fingerprint density at radius 1 is 1.10 bits per heavy atom. The normalized spacial score (nSPS) is 24.7. The molecule has 2 nitrogen and oxygen atoms in total. The zero-order valence-electron chi connectivity index (χ0n) is 12.3. The third-order valence-corrected chi connectivity index (χ3v) is 4.55. The van der Waals surface area contributed by atoms with Gasteiger partial charge in [-0.25, -0.2) is 0 Å². The molecule has 1 aliphatic heterocycles. The van der Waals surface area contributed by atoms with Gasteiger partial charge in [0.15, 0.2) is 0 Å². The molecule has 0 saturated carbocycles. The van der Waals surface area contributed by atoms with E-state index in [4.69, 9.17) is 5.73 Å². The van der Waals surface area contributed by atoms with Crippen LogP contribution in [0, 0.1) is 0 Å². The minimum Gasteiger partial charge on any atom is -0.326 e. The van der Waals surface area contributed by atoms with E-state index < -0.39 is 0 Å². The summed E-state index contributed by atoms with van der Waals surface area (Å²) in [5.74, 6) is 0. The molecule has 3 rings (SSSR count). The first kappa shape index (κ1) is 13.6. The maximum atomic E-state index is 6.48. The monoisotopic (exact) mass is 268 g/mol. The van der Waals surface area contributed by atoms with E-state index in [9.17, 15) is 0 Å². The van der Waals surface area contributed by atoms with Crippen LogP contribution in [0.5, 0.6) is 0 Å². The fraction of sp³-hybridized carbons (Fsp3) is 0.444. The van der Waals surface area contributed by atoms with Gasteiger partial charge < -0.3 is 5.73 Å². The lowest BCUT2D eigenvalue weighted by atomic mass is 9.94. The number of nitrogens with two attached hydrogens (primary N) is 1. The summed E-state index contributed by atoms with van der Waals surface area (Å²) in [5.41, 5.74) is 7.85. The SMILES string of the molecule is CCN1CCCCC(N)C1c1ccc2ccccc2c1. The van der Waals surface area contributed by atoms with E-state index in [1.165, 1.54) is 35.7 Å². The molecule has 2 aromatic carbocycles. The highest BCUT2D eigenvalue weighted by Gasteiger charge is 2.27. The van der Waals surface area contributed by atoms with Gasteiger partial charge in [-0.2, -0.15) is 0 Å². The molecule has 1 aliphatic rings. The highest BCUT2D eigenvalue weighted by atomic mass is 15.2. The Balaban J connectivity index is 2.01. The lowest BCUT2D eigenvalue weighted by Crippen LogP contribution is -2.39. The van der Waals surface area contributed by atoms with Crippen LogP contribution in [0.1, 0.15) is 37.8 Å². The Bertz CT molecular complexity index is 578. The summed E-state index contributed by atoms with van der Waals surface area (Å²) < 4.78 is 0. The molecular formula is C18H24N2. The zero-order valence-corrected chi connectivity index (χ0v) is 12.3. The minimum absolute atomic E-state index is 0.249.